The summed E-state index contributed by atoms with van der Waals surface area (Å²) in [5.41, 5.74) is 5.31. The lowest BCUT2D eigenvalue weighted by Gasteiger charge is -2.32. The number of anilines is 1. The van der Waals surface area contributed by atoms with Crippen LogP contribution in [0.2, 0.25) is 0 Å². The molecule has 3 amide bonds. The molecule has 2 aromatic rings. The van der Waals surface area contributed by atoms with Crippen LogP contribution in [-0.4, -0.2) is 37.5 Å². The zero-order valence-corrected chi connectivity index (χ0v) is 18.2. The van der Waals surface area contributed by atoms with Gasteiger partial charge < -0.3 is 15.1 Å². The predicted molar refractivity (Wildman–Crippen MR) is 120 cm³/mol. The molecule has 0 saturated carbocycles. The third-order valence-electron chi connectivity index (χ3n) is 6.07. The first-order valence-electron chi connectivity index (χ1n) is 10.6. The van der Waals surface area contributed by atoms with Gasteiger partial charge in [0.15, 0.2) is 5.54 Å². The number of hydrogen-bond acceptors (Lipinski definition) is 2. The first-order valence-corrected chi connectivity index (χ1v) is 10.6. The molecule has 5 nitrogen and oxygen atoms in total. The molecule has 5 heteroatoms. The molecule has 0 spiro atoms. The highest BCUT2D eigenvalue weighted by molar-refractivity contribution is 6.10. The molecule has 1 unspecified atom stereocenters. The Labute approximate surface area is 178 Å². The Morgan fingerprint density at radius 2 is 1.97 bits per heavy atom. The maximum atomic E-state index is 13.9. The molecule has 0 radical (unpaired) electrons. The lowest BCUT2D eigenvalue weighted by Crippen LogP contribution is -2.55. The fraction of sp³-hybridized carbons (Fsp3) is 0.360. The summed E-state index contributed by atoms with van der Waals surface area (Å²) < 4.78 is 0. The van der Waals surface area contributed by atoms with Crippen LogP contribution in [0.4, 0.5) is 10.5 Å². The summed E-state index contributed by atoms with van der Waals surface area (Å²) in [4.78, 5) is 30.1. The lowest BCUT2D eigenvalue weighted by atomic mass is 9.82. The van der Waals surface area contributed by atoms with E-state index in [1.807, 2.05) is 36.1 Å². The van der Waals surface area contributed by atoms with Crippen molar-refractivity contribution in [1.29, 1.82) is 0 Å². The number of carbonyl (C=O) groups excluding carboxylic acids is 2. The third-order valence-corrected chi connectivity index (χ3v) is 6.07. The summed E-state index contributed by atoms with van der Waals surface area (Å²) in [6.45, 7) is 4.72. The van der Waals surface area contributed by atoms with Gasteiger partial charge in [-0.15, -0.1) is 0 Å². The number of nitrogens with one attached hydrogen (secondary N) is 1. The van der Waals surface area contributed by atoms with Crippen LogP contribution >= 0.6 is 0 Å². The molecule has 0 fully saturated rings. The smallest absolute Gasteiger partial charge is 0.318 e. The Morgan fingerprint density at radius 1 is 1.20 bits per heavy atom. The van der Waals surface area contributed by atoms with E-state index in [1.165, 1.54) is 16.0 Å². The maximum absolute atomic E-state index is 13.9. The monoisotopic (exact) mass is 403 g/mol. The number of hydrogen-bond donors (Lipinski definition) is 1. The second-order valence-electron chi connectivity index (χ2n) is 8.47. The molecular formula is C25H29N3O2. The fourth-order valence-electron chi connectivity index (χ4n) is 4.57. The molecule has 30 heavy (non-hydrogen) atoms. The normalized spacial score (nSPS) is 19.4. The molecule has 1 heterocycles. The Hall–Kier alpha value is -3.08. The Balaban J connectivity index is 1.85. The van der Waals surface area contributed by atoms with E-state index in [0.717, 1.165) is 35.2 Å². The minimum atomic E-state index is -1.11. The molecule has 2 aliphatic rings. The van der Waals surface area contributed by atoms with E-state index in [9.17, 15) is 9.59 Å². The number of rotatable bonds is 5. The largest absolute Gasteiger partial charge is 0.331 e. The second kappa shape index (κ2) is 7.63. The van der Waals surface area contributed by atoms with Gasteiger partial charge in [0.05, 0.1) is 0 Å². The molecular weight excluding hydrogens is 374 g/mol. The van der Waals surface area contributed by atoms with E-state index in [1.54, 1.807) is 14.1 Å². The first-order chi connectivity index (χ1) is 14.4. The molecule has 0 aromatic heterocycles. The summed E-state index contributed by atoms with van der Waals surface area (Å²) in [7, 11) is 3.40. The molecule has 2 aromatic carbocycles. The summed E-state index contributed by atoms with van der Waals surface area (Å²) in [6.07, 6.45) is 4.34. The number of nitrogens with zero attached hydrogens (tertiary/aromatic N) is 2. The van der Waals surface area contributed by atoms with Crippen LogP contribution in [0.3, 0.4) is 0 Å². The summed E-state index contributed by atoms with van der Waals surface area (Å²) in [5, 5.41) is 3.13. The number of allylic oxidation sites excluding steroid dienone is 1. The second-order valence-corrected chi connectivity index (χ2v) is 8.47. The summed E-state index contributed by atoms with van der Waals surface area (Å²) in [5.74, 6) is -0.0505. The van der Waals surface area contributed by atoms with E-state index < -0.39 is 5.54 Å². The number of amides is 3. The van der Waals surface area contributed by atoms with E-state index in [-0.39, 0.29) is 11.9 Å². The predicted octanol–water partition coefficient (Wildman–Crippen LogP) is 4.25. The van der Waals surface area contributed by atoms with Crippen molar-refractivity contribution in [2.75, 3.05) is 25.5 Å². The third kappa shape index (κ3) is 3.18. The van der Waals surface area contributed by atoms with Gasteiger partial charge in [0.1, 0.15) is 0 Å². The molecule has 1 atom stereocenters. The number of aryl methyl sites for hydroxylation is 1. The molecule has 1 N–H and O–H groups in total. The number of urea groups is 1. The van der Waals surface area contributed by atoms with Crippen molar-refractivity contribution in [3.8, 4) is 0 Å². The maximum Gasteiger partial charge on any atom is 0.318 e. The lowest BCUT2D eigenvalue weighted by molar-refractivity contribution is -0.123. The van der Waals surface area contributed by atoms with Crippen LogP contribution in [0.1, 0.15) is 42.0 Å². The topological polar surface area (TPSA) is 52.7 Å². The van der Waals surface area contributed by atoms with E-state index in [0.29, 0.717) is 13.0 Å². The highest BCUT2D eigenvalue weighted by Gasteiger charge is 2.52. The average Bonchev–Trinajstić information content (AvgIpc) is 3.22. The van der Waals surface area contributed by atoms with Crippen LogP contribution in [0.15, 0.2) is 48.5 Å². The van der Waals surface area contributed by atoms with Crippen molar-refractivity contribution < 1.29 is 9.59 Å². The highest BCUT2D eigenvalue weighted by atomic mass is 16.2. The minimum Gasteiger partial charge on any atom is -0.331 e. The molecule has 0 saturated heterocycles. The summed E-state index contributed by atoms with van der Waals surface area (Å²) >= 11 is 0. The Morgan fingerprint density at radius 3 is 2.70 bits per heavy atom. The highest BCUT2D eigenvalue weighted by Crippen LogP contribution is 2.47. The number of benzene rings is 2. The first kappa shape index (κ1) is 20.2. The van der Waals surface area contributed by atoms with Gasteiger partial charge in [0, 0.05) is 38.3 Å². The van der Waals surface area contributed by atoms with Crippen molar-refractivity contribution in [3.05, 3.63) is 70.8 Å². The SMILES string of the molecule is CCCN1C(=O)C(CC2=CCc3ccccc32)(NC(=O)N(C)C)c2cc(C)ccc21. The van der Waals surface area contributed by atoms with Gasteiger partial charge >= 0.3 is 6.03 Å². The van der Waals surface area contributed by atoms with Gasteiger partial charge in [0.25, 0.3) is 5.91 Å². The van der Waals surface area contributed by atoms with Gasteiger partial charge in [-0.05, 0) is 42.5 Å². The minimum absolute atomic E-state index is 0.0505. The Bertz CT molecular complexity index is 1040. The zero-order valence-electron chi connectivity index (χ0n) is 18.2. The van der Waals surface area contributed by atoms with E-state index in [2.05, 4.69) is 36.5 Å². The van der Waals surface area contributed by atoms with Crippen molar-refractivity contribution in [2.24, 2.45) is 0 Å². The van der Waals surface area contributed by atoms with Crippen molar-refractivity contribution in [2.45, 2.75) is 38.6 Å². The van der Waals surface area contributed by atoms with Crippen LogP contribution in [0.25, 0.3) is 5.57 Å². The van der Waals surface area contributed by atoms with Crippen molar-refractivity contribution in [3.63, 3.8) is 0 Å². The van der Waals surface area contributed by atoms with Gasteiger partial charge in [0.2, 0.25) is 0 Å². The van der Waals surface area contributed by atoms with Crippen molar-refractivity contribution >= 4 is 23.2 Å². The number of carbonyl (C=O) groups is 2. The molecule has 156 valence electrons. The summed E-state index contributed by atoms with van der Waals surface area (Å²) in [6, 6.07) is 14.1. The van der Waals surface area contributed by atoms with Crippen LogP contribution in [-0.2, 0) is 16.8 Å². The number of fused-ring (bicyclic) bond motifs is 2. The fourth-order valence-corrected chi connectivity index (χ4v) is 4.57. The molecule has 1 aliphatic heterocycles. The average molecular weight is 404 g/mol. The van der Waals surface area contributed by atoms with Gasteiger partial charge in [-0.1, -0.05) is 55.0 Å². The van der Waals surface area contributed by atoms with Gasteiger partial charge in [-0.3, -0.25) is 4.79 Å². The Kier molecular flexibility index (Phi) is 5.14. The van der Waals surface area contributed by atoms with Gasteiger partial charge in [-0.2, -0.15) is 0 Å². The van der Waals surface area contributed by atoms with E-state index in [4.69, 9.17) is 0 Å². The van der Waals surface area contributed by atoms with Crippen LogP contribution < -0.4 is 10.2 Å². The van der Waals surface area contributed by atoms with Crippen molar-refractivity contribution in [1.82, 2.24) is 10.2 Å². The standard InChI is InChI=1S/C25H29N3O2/c1-5-14-28-22-13-10-17(2)15-21(22)25(23(28)29,26-24(30)27(3)4)16-19-12-11-18-8-6-7-9-20(18)19/h6-10,12-13,15H,5,11,14,16H2,1-4H3,(H,26,30). The van der Waals surface area contributed by atoms with Crippen LogP contribution in [0, 0.1) is 6.92 Å². The zero-order chi connectivity index (χ0) is 21.5. The van der Waals surface area contributed by atoms with E-state index >= 15 is 0 Å². The molecule has 4 rings (SSSR count). The quantitative estimate of drug-likeness (QED) is 0.812. The van der Waals surface area contributed by atoms with Gasteiger partial charge in [-0.25, -0.2) is 4.79 Å². The van der Waals surface area contributed by atoms with Crippen LogP contribution in [0.5, 0.6) is 0 Å². The molecule has 1 aliphatic carbocycles. The molecule has 0 bridgehead atoms.